The highest BCUT2D eigenvalue weighted by Gasteiger charge is 2.51. The number of guanidine groups is 1. The van der Waals surface area contributed by atoms with Gasteiger partial charge in [-0.05, 0) is 37.0 Å². The van der Waals surface area contributed by atoms with Gasteiger partial charge in [-0.2, -0.15) is 4.99 Å². The molecule has 0 unspecified atom stereocenters. The molecule has 21 heavy (non-hydrogen) atoms. The van der Waals surface area contributed by atoms with Crippen molar-refractivity contribution in [2.75, 3.05) is 6.54 Å². The third-order valence-corrected chi connectivity index (χ3v) is 4.22. The average Bonchev–Trinajstić information content (AvgIpc) is 3.12. The summed E-state index contributed by atoms with van der Waals surface area (Å²) in [6.45, 7) is 2.77. The van der Waals surface area contributed by atoms with Crippen LogP contribution in [0.5, 0.6) is 0 Å². The monoisotopic (exact) mass is 292 g/mol. The van der Waals surface area contributed by atoms with Crippen LogP contribution < -0.4 is 11.5 Å². The molecule has 0 atom stereocenters. The van der Waals surface area contributed by atoms with Crippen LogP contribution in [0.15, 0.2) is 17.1 Å². The first kappa shape index (κ1) is 15.3. The van der Waals surface area contributed by atoms with Crippen LogP contribution in [0.4, 0.5) is 9.18 Å². The van der Waals surface area contributed by atoms with Gasteiger partial charge in [-0.1, -0.05) is 13.5 Å². The smallest absolute Gasteiger partial charge is 0.347 e. The van der Waals surface area contributed by atoms with E-state index in [4.69, 9.17) is 11.5 Å². The summed E-state index contributed by atoms with van der Waals surface area (Å²) < 4.78 is 14.2. The van der Waals surface area contributed by atoms with Gasteiger partial charge in [-0.3, -0.25) is 0 Å². The fraction of sp³-hybridized carbons (Fsp3) is 0.467. The first-order valence-electron chi connectivity index (χ1n) is 6.60. The summed E-state index contributed by atoms with van der Waals surface area (Å²) in [6.07, 6.45) is 1.79. The minimum absolute atomic E-state index is 0. The van der Waals surface area contributed by atoms with E-state index in [-0.39, 0.29) is 24.6 Å². The summed E-state index contributed by atoms with van der Waals surface area (Å²) in [5, 5.41) is 0. The molecule has 5 nitrogen and oxygen atoms in total. The molecule has 1 spiro atoms. The van der Waals surface area contributed by atoms with Crippen LogP contribution in [0.25, 0.3) is 0 Å². The zero-order valence-corrected chi connectivity index (χ0v) is 11.3. The van der Waals surface area contributed by atoms with Crippen molar-refractivity contribution in [1.29, 1.82) is 0 Å². The predicted molar refractivity (Wildman–Crippen MR) is 80.4 cm³/mol. The Bertz CT molecular complexity index is 618. The number of benzene rings is 1. The Balaban J connectivity index is 0.00000161. The predicted octanol–water partition coefficient (Wildman–Crippen LogP) is 2.01. The topological polar surface area (TPSA) is 84.7 Å². The van der Waals surface area contributed by atoms with Crippen LogP contribution in [0.3, 0.4) is 0 Å². The maximum Gasteiger partial charge on any atom is 0.347 e. The molecule has 0 aromatic heterocycles. The highest BCUT2D eigenvalue weighted by Crippen LogP contribution is 2.53. The van der Waals surface area contributed by atoms with Crippen molar-refractivity contribution < 1.29 is 9.18 Å². The highest BCUT2D eigenvalue weighted by atomic mass is 19.1. The van der Waals surface area contributed by atoms with Crippen molar-refractivity contribution in [3.63, 3.8) is 0 Å². The zero-order chi connectivity index (χ0) is 14.5. The standard InChI is InChI=1S/C14H17FN4O.CH4/c1-8-2-3-10(15)11-9(8)6-19(7-14(11)4-5-14)13(20)18-12(16)17;/h2-3H,4-7H2,1H3,(H4,16,17,18,20);1H4. The van der Waals surface area contributed by atoms with Gasteiger partial charge < -0.3 is 16.4 Å². The van der Waals surface area contributed by atoms with E-state index in [1.807, 2.05) is 6.92 Å². The second kappa shape index (κ2) is 5.02. The number of fused-ring (bicyclic) bond motifs is 2. The molecule has 1 aromatic rings. The number of rotatable bonds is 0. The number of carbonyl (C=O) groups excluding carboxylic acids is 1. The first-order valence-corrected chi connectivity index (χ1v) is 6.60. The number of amides is 2. The number of hydrogen-bond donors (Lipinski definition) is 2. The summed E-state index contributed by atoms with van der Waals surface area (Å²) in [4.78, 5) is 17.2. The summed E-state index contributed by atoms with van der Waals surface area (Å²) in [5.41, 5.74) is 12.9. The van der Waals surface area contributed by atoms with E-state index in [1.165, 1.54) is 6.07 Å². The van der Waals surface area contributed by atoms with E-state index in [2.05, 4.69) is 4.99 Å². The Morgan fingerprint density at radius 3 is 2.62 bits per heavy atom. The highest BCUT2D eigenvalue weighted by molar-refractivity contribution is 5.90. The number of aliphatic imine (C=N–C) groups is 1. The number of hydrogen-bond acceptors (Lipinski definition) is 1. The van der Waals surface area contributed by atoms with Gasteiger partial charge in [-0.15, -0.1) is 0 Å². The van der Waals surface area contributed by atoms with Gasteiger partial charge in [0.25, 0.3) is 0 Å². The number of halogens is 1. The van der Waals surface area contributed by atoms with Gasteiger partial charge in [0.1, 0.15) is 5.82 Å². The minimum Gasteiger partial charge on any atom is -0.370 e. The third-order valence-electron chi connectivity index (χ3n) is 4.22. The SMILES string of the molecule is C.Cc1ccc(F)c2c1CN(C(=O)N=C(N)N)CC21CC1. The molecule has 0 saturated heterocycles. The molecule has 114 valence electrons. The van der Waals surface area contributed by atoms with Crippen molar-refractivity contribution >= 4 is 12.0 Å². The van der Waals surface area contributed by atoms with Crippen LogP contribution in [-0.4, -0.2) is 23.4 Å². The Labute approximate surface area is 123 Å². The van der Waals surface area contributed by atoms with E-state index in [1.54, 1.807) is 11.0 Å². The molecular formula is C15H21FN4O. The molecule has 0 radical (unpaired) electrons. The molecular weight excluding hydrogens is 271 g/mol. The Morgan fingerprint density at radius 1 is 1.38 bits per heavy atom. The van der Waals surface area contributed by atoms with Crippen LogP contribution >= 0.6 is 0 Å². The fourth-order valence-electron chi connectivity index (χ4n) is 3.07. The molecule has 4 N–H and O–H groups in total. The molecule has 2 aliphatic rings. The number of carbonyl (C=O) groups is 1. The Hall–Kier alpha value is -2.11. The van der Waals surface area contributed by atoms with Crippen molar-refractivity contribution in [3.8, 4) is 0 Å². The fourth-order valence-corrected chi connectivity index (χ4v) is 3.07. The van der Waals surface area contributed by atoms with Gasteiger partial charge in [-0.25, -0.2) is 9.18 Å². The van der Waals surface area contributed by atoms with E-state index in [0.29, 0.717) is 13.1 Å². The molecule has 3 rings (SSSR count). The van der Waals surface area contributed by atoms with Crippen molar-refractivity contribution in [1.82, 2.24) is 4.90 Å². The number of nitrogens with two attached hydrogens (primary N) is 2. The average molecular weight is 292 g/mol. The number of urea groups is 1. The summed E-state index contributed by atoms with van der Waals surface area (Å²) in [5.74, 6) is -0.418. The van der Waals surface area contributed by atoms with Gasteiger partial charge in [0.2, 0.25) is 0 Å². The third kappa shape index (κ3) is 2.46. The van der Waals surface area contributed by atoms with E-state index in [9.17, 15) is 9.18 Å². The van der Waals surface area contributed by atoms with E-state index in [0.717, 1.165) is 29.5 Å². The van der Waals surface area contributed by atoms with E-state index >= 15 is 0 Å². The van der Waals surface area contributed by atoms with Crippen LogP contribution in [0.2, 0.25) is 0 Å². The molecule has 1 aliphatic carbocycles. The lowest BCUT2D eigenvalue weighted by Gasteiger charge is -2.35. The lowest BCUT2D eigenvalue weighted by Crippen LogP contribution is -2.42. The quantitative estimate of drug-likeness (QED) is 0.566. The van der Waals surface area contributed by atoms with E-state index < -0.39 is 6.03 Å². The molecule has 1 heterocycles. The Kier molecular flexibility index (Phi) is 3.65. The molecule has 1 fully saturated rings. The first-order chi connectivity index (χ1) is 9.43. The van der Waals surface area contributed by atoms with Gasteiger partial charge in [0, 0.05) is 24.1 Å². The summed E-state index contributed by atoms with van der Waals surface area (Å²) in [7, 11) is 0. The second-order valence-electron chi connectivity index (χ2n) is 5.67. The van der Waals surface area contributed by atoms with Crippen molar-refractivity contribution in [2.24, 2.45) is 16.5 Å². The van der Waals surface area contributed by atoms with Gasteiger partial charge in [0.05, 0.1) is 0 Å². The Morgan fingerprint density at radius 2 is 2.05 bits per heavy atom. The lowest BCUT2D eigenvalue weighted by molar-refractivity contribution is 0.192. The minimum atomic E-state index is -0.453. The van der Waals surface area contributed by atoms with Crippen LogP contribution in [0, 0.1) is 12.7 Å². The van der Waals surface area contributed by atoms with Crippen LogP contribution in [0.1, 0.15) is 37.0 Å². The summed E-state index contributed by atoms with van der Waals surface area (Å²) >= 11 is 0. The lowest BCUT2D eigenvalue weighted by atomic mass is 9.84. The van der Waals surface area contributed by atoms with Crippen molar-refractivity contribution in [3.05, 3.63) is 34.6 Å². The molecule has 1 aromatic carbocycles. The molecule has 1 aliphatic heterocycles. The van der Waals surface area contributed by atoms with Crippen LogP contribution in [-0.2, 0) is 12.0 Å². The number of aryl methyl sites for hydroxylation is 1. The van der Waals surface area contributed by atoms with Crippen molar-refractivity contribution in [2.45, 2.75) is 39.2 Å². The van der Waals surface area contributed by atoms with Gasteiger partial charge in [0.15, 0.2) is 5.96 Å². The molecule has 1 saturated carbocycles. The molecule has 0 bridgehead atoms. The zero-order valence-electron chi connectivity index (χ0n) is 11.3. The molecule has 6 heteroatoms. The molecule has 2 amide bonds. The van der Waals surface area contributed by atoms with Gasteiger partial charge >= 0.3 is 6.03 Å². The maximum absolute atomic E-state index is 14.2. The second-order valence-corrected chi connectivity index (χ2v) is 5.67. The normalized spacial score (nSPS) is 17.7. The largest absolute Gasteiger partial charge is 0.370 e. The summed E-state index contributed by atoms with van der Waals surface area (Å²) in [6, 6.07) is 2.81. The maximum atomic E-state index is 14.2. The number of nitrogens with zero attached hydrogens (tertiary/aromatic N) is 2.